The molecule has 0 amide bonds. The van der Waals surface area contributed by atoms with Crippen LogP contribution in [-0.4, -0.2) is 19.6 Å². The zero-order chi connectivity index (χ0) is 14.5. The Labute approximate surface area is 109 Å². The van der Waals surface area contributed by atoms with E-state index in [0.717, 1.165) is 0 Å². The number of halogens is 4. The molecule has 0 saturated carbocycles. The van der Waals surface area contributed by atoms with Crippen LogP contribution >= 0.6 is 0 Å². The molecule has 19 heavy (non-hydrogen) atoms. The minimum absolute atomic E-state index is 0.127. The van der Waals surface area contributed by atoms with Crippen molar-refractivity contribution in [1.29, 1.82) is 0 Å². The fourth-order valence-corrected chi connectivity index (χ4v) is 1.69. The molecule has 0 aliphatic carbocycles. The van der Waals surface area contributed by atoms with E-state index in [-0.39, 0.29) is 11.3 Å². The molecule has 0 saturated heterocycles. The standard InChI is InChI=1S/C13H17F4NO/c1-3-7-18-13(2,11(14)15)9-5-4-6-10(8-9)19-12(16)17/h4-6,8,11-12,18H,3,7H2,1-2H3. The highest BCUT2D eigenvalue weighted by Crippen LogP contribution is 2.30. The molecule has 2 nitrogen and oxygen atoms in total. The molecule has 0 aliphatic rings. The van der Waals surface area contributed by atoms with Crippen LogP contribution in [0.4, 0.5) is 17.6 Å². The molecule has 1 atom stereocenters. The molecular weight excluding hydrogens is 262 g/mol. The number of rotatable bonds is 7. The van der Waals surface area contributed by atoms with Crippen molar-refractivity contribution in [3.8, 4) is 5.75 Å². The number of benzene rings is 1. The summed E-state index contributed by atoms with van der Waals surface area (Å²) in [7, 11) is 0. The first kappa shape index (κ1) is 15.8. The molecule has 1 aromatic rings. The van der Waals surface area contributed by atoms with Gasteiger partial charge in [0, 0.05) is 0 Å². The summed E-state index contributed by atoms with van der Waals surface area (Å²) in [4.78, 5) is 0. The summed E-state index contributed by atoms with van der Waals surface area (Å²) in [6, 6.07) is 5.40. The van der Waals surface area contributed by atoms with Crippen molar-refractivity contribution >= 4 is 0 Å². The van der Waals surface area contributed by atoms with Gasteiger partial charge in [-0.2, -0.15) is 8.78 Å². The van der Waals surface area contributed by atoms with Crippen molar-refractivity contribution < 1.29 is 22.3 Å². The highest BCUT2D eigenvalue weighted by atomic mass is 19.3. The third-order valence-electron chi connectivity index (χ3n) is 2.84. The largest absolute Gasteiger partial charge is 0.435 e. The Hall–Kier alpha value is -1.30. The molecule has 0 fully saturated rings. The van der Waals surface area contributed by atoms with Crippen LogP contribution in [0.15, 0.2) is 24.3 Å². The van der Waals surface area contributed by atoms with Gasteiger partial charge in [0.1, 0.15) is 11.3 Å². The van der Waals surface area contributed by atoms with Gasteiger partial charge in [0.25, 0.3) is 6.43 Å². The molecule has 108 valence electrons. The lowest BCUT2D eigenvalue weighted by molar-refractivity contribution is -0.0500. The molecule has 1 unspecified atom stereocenters. The van der Waals surface area contributed by atoms with Gasteiger partial charge in [-0.05, 0) is 37.6 Å². The molecule has 1 rings (SSSR count). The van der Waals surface area contributed by atoms with Crippen LogP contribution in [0.3, 0.4) is 0 Å². The topological polar surface area (TPSA) is 21.3 Å². The van der Waals surface area contributed by atoms with Crippen molar-refractivity contribution in [2.75, 3.05) is 6.54 Å². The van der Waals surface area contributed by atoms with E-state index in [4.69, 9.17) is 0 Å². The van der Waals surface area contributed by atoms with Crippen LogP contribution in [0.5, 0.6) is 5.75 Å². The van der Waals surface area contributed by atoms with E-state index >= 15 is 0 Å². The Morgan fingerprint density at radius 2 is 1.95 bits per heavy atom. The van der Waals surface area contributed by atoms with Crippen LogP contribution in [-0.2, 0) is 5.54 Å². The van der Waals surface area contributed by atoms with Crippen LogP contribution in [0.1, 0.15) is 25.8 Å². The summed E-state index contributed by atoms with van der Waals surface area (Å²) in [5.74, 6) is -0.127. The Kier molecular flexibility index (Phi) is 5.60. The third-order valence-corrected chi connectivity index (χ3v) is 2.84. The Morgan fingerprint density at radius 3 is 2.47 bits per heavy atom. The second-order valence-corrected chi connectivity index (χ2v) is 4.34. The monoisotopic (exact) mass is 279 g/mol. The van der Waals surface area contributed by atoms with Crippen molar-refractivity contribution in [3.05, 3.63) is 29.8 Å². The SMILES string of the molecule is CCCNC(C)(c1cccc(OC(F)F)c1)C(F)F. The summed E-state index contributed by atoms with van der Waals surface area (Å²) < 4.78 is 54.9. The fraction of sp³-hybridized carbons (Fsp3) is 0.538. The maximum absolute atomic E-state index is 13.2. The Morgan fingerprint density at radius 1 is 1.26 bits per heavy atom. The highest BCUT2D eigenvalue weighted by Gasteiger charge is 2.36. The summed E-state index contributed by atoms with van der Waals surface area (Å²) in [5.41, 5.74) is -1.37. The minimum Gasteiger partial charge on any atom is -0.435 e. The first-order valence-corrected chi connectivity index (χ1v) is 5.98. The predicted molar refractivity (Wildman–Crippen MR) is 64.7 cm³/mol. The molecule has 0 bridgehead atoms. The molecule has 1 N–H and O–H groups in total. The van der Waals surface area contributed by atoms with Crippen molar-refractivity contribution in [1.82, 2.24) is 5.32 Å². The summed E-state index contributed by atoms with van der Waals surface area (Å²) in [6.45, 7) is 0.627. The van der Waals surface area contributed by atoms with Crippen LogP contribution in [0.2, 0.25) is 0 Å². The quantitative estimate of drug-likeness (QED) is 0.767. The Bertz CT molecular complexity index is 400. The summed E-state index contributed by atoms with van der Waals surface area (Å²) in [6.07, 6.45) is -1.98. The molecule has 6 heteroatoms. The van der Waals surface area contributed by atoms with Gasteiger partial charge in [0.2, 0.25) is 0 Å². The van der Waals surface area contributed by atoms with Gasteiger partial charge in [-0.1, -0.05) is 19.1 Å². The van der Waals surface area contributed by atoms with E-state index in [2.05, 4.69) is 10.1 Å². The first-order valence-electron chi connectivity index (χ1n) is 5.98. The molecule has 1 aromatic carbocycles. The molecule has 0 heterocycles. The molecule has 0 radical (unpaired) electrons. The average Bonchev–Trinajstić information content (AvgIpc) is 2.35. The lowest BCUT2D eigenvalue weighted by Crippen LogP contribution is -2.46. The van der Waals surface area contributed by atoms with Gasteiger partial charge in [-0.15, -0.1) is 0 Å². The number of hydrogen-bond acceptors (Lipinski definition) is 2. The van der Waals surface area contributed by atoms with Crippen molar-refractivity contribution in [3.63, 3.8) is 0 Å². The van der Waals surface area contributed by atoms with Gasteiger partial charge in [-0.25, -0.2) is 8.78 Å². The zero-order valence-electron chi connectivity index (χ0n) is 10.8. The average molecular weight is 279 g/mol. The number of hydrogen-bond donors (Lipinski definition) is 1. The van der Waals surface area contributed by atoms with Gasteiger partial charge in [0.05, 0.1) is 0 Å². The van der Waals surface area contributed by atoms with Gasteiger partial charge in [-0.3, -0.25) is 0 Å². The molecule has 0 spiro atoms. The smallest absolute Gasteiger partial charge is 0.387 e. The molecule has 0 aliphatic heterocycles. The molecular formula is C13H17F4NO. The van der Waals surface area contributed by atoms with Crippen molar-refractivity contribution in [2.24, 2.45) is 0 Å². The summed E-state index contributed by atoms with van der Waals surface area (Å²) >= 11 is 0. The van der Waals surface area contributed by atoms with E-state index in [1.807, 2.05) is 6.92 Å². The van der Waals surface area contributed by atoms with E-state index in [1.165, 1.54) is 31.2 Å². The normalized spacial score (nSPS) is 14.7. The number of alkyl halides is 4. The van der Waals surface area contributed by atoms with E-state index in [9.17, 15) is 17.6 Å². The van der Waals surface area contributed by atoms with E-state index in [1.54, 1.807) is 0 Å². The van der Waals surface area contributed by atoms with E-state index < -0.39 is 18.6 Å². The van der Waals surface area contributed by atoms with Crippen LogP contribution < -0.4 is 10.1 Å². The van der Waals surface area contributed by atoms with Gasteiger partial charge < -0.3 is 10.1 Å². The maximum atomic E-state index is 13.2. The van der Waals surface area contributed by atoms with Gasteiger partial charge in [0.15, 0.2) is 0 Å². The van der Waals surface area contributed by atoms with Crippen molar-refractivity contribution in [2.45, 2.75) is 38.8 Å². The minimum atomic E-state index is -2.98. The second-order valence-electron chi connectivity index (χ2n) is 4.34. The van der Waals surface area contributed by atoms with E-state index in [0.29, 0.717) is 13.0 Å². The lowest BCUT2D eigenvalue weighted by atomic mass is 9.92. The van der Waals surface area contributed by atoms with Crippen LogP contribution in [0.25, 0.3) is 0 Å². The van der Waals surface area contributed by atoms with Gasteiger partial charge >= 0.3 is 6.61 Å². The first-order chi connectivity index (χ1) is 8.90. The maximum Gasteiger partial charge on any atom is 0.387 e. The Balaban J connectivity index is 3.02. The highest BCUT2D eigenvalue weighted by molar-refractivity contribution is 5.33. The number of ether oxygens (including phenoxy) is 1. The number of nitrogens with one attached hydrogen (secondary N) is 1. The predicted octanol–water partition coefficient (Wildman–Crippen LogP) is 3.77. The second kappa shape index (κ2) is 6.75. The zero-order valence-corrected chi connectivity index (χ0v) is 10.8. The van der Waals surface area contributed by atoms with Crippen LogP contribution in [0, 0.1) is 0 Å². The summed E-state index contributed by atoms with van der Waals surface area (Å²) in [5, 5.41) is 2.75. The third kappa shape index (κ3) is 4.09. The fourth-order valence-electron chi connectivity index (χ4n) is 1.69. The molecule has 0 aromatic heterocycles. The lowest BCUT2D eigenvalue weighted by Gasteiger charge is -2.31.